The topological polar surface area (TPSA) is 63.6 Å². The normalized spacial score (nSPS) is 13.1. The third kappa shape index (κ3) is 5.88. The van der Waals surface area contributed by atoms with E-state index in [-0.39, 0.29) is 23.5 Å². The highest BCUT2D eigenvalue weighted by Crippen LogP contribution is 2.12. The average Bonchev–Trinajstić information content (AvgIpc) is 1.98. The lowest BCUT2D eigenvalue weighted by molar-refractivity contribution is -0.154. The number of Topliss-reactive ketones (excluding diaryl/α,β-unsaturated/α-hetero) is 1. The Morgan fingerprint density at radius 1 is 1.20 bits per heavy atom. The molecule has 0 atom stereocenters. The molecule has 0 rings (SSSR count). The molecule has 0 saturated carbocycles. The fourth-order valence-electron chi connectivity index (χ4n) is 0.850. The predicted molar refractivity (Wildman–Crippen MR) is 56.5 cm³/mol. The van der Waals surface area contributed by atoms with Crippen LogP contribution in [0, 0.1) is 0 Å². The third-order valence-electron chi connectivity index (χ3n) is 1.69. The van der Waals surface area contributed by atoms with Crippen LogP contribution in [0.25, 0.3) is 0 Å². The summed E-state index contributed by atoms with van der Waals surface area (Å²) in [7, 11) is 0. The van der Waals surface area contributed by atoms with Gasteiger partial charge in [0.25, 0.3) is 0 Å². The molecule has 0 aliphatic heterocycles. The van der Waals surface area contributed by atoms with E-state index >= 15 is 0 Å². The zero-order valence-electron chi connectivity index (χ0n) is 9.88. The van der Waals surface area contributed by atoms with E-state index < -0.39 is 11.6 Å². The van der Waals surface area contributed by atoms with E-state index in [1.165, 1.54) is 13.8 Å². The summed E-state index contributed by atoms with van der Waals surface area (Å²) >= 11 is 0. The fraction of sp³-hybridized carbons (Fsp3) is 0.636. The minimum Gasteiger partial charge on any atom is -0.511 e. The van der Waals surface area contributed by atoms with Gasteiger partial charge in [-0.05, 0) is 34.6 Å². The number of carbonyl (C=O) groups is 2. The second-order valence-corrected chi connectivity index (χ2v) is 4.39. The van der Waals surface area contributed by atoms with E-state index in [1.54, 1.807) is 20.8 Å². The molecule has 0 spiro atoms. The van der Waals surface area contributed by atoms with Crippen LogP contribution in [-0.2, 0) is 14.3 Å². The lowest BCUT2D eigenvalue weighted by Gasteiger charge is -2.19. The summed E-state index contributed by atoms with van der Waals surface area (Å²) in [6.45, 7) is 8.03. The summed E-state index contributed by atoms with van der Waals surface area (Å²) in [5.74, 6) is -1.02. The summed E-state index contributed by atoms with van der Waals surface area (Å²) in [5, 5.41) is 9.41. The SMILES string of the molecule is CC(=O)/C(C)=C(\O)CC(=O)OC(C)(C)C. The Morgan fingerprint density at radius 3 is 2.00 bits per heavy atom. The van der Waals surface area contributed by atoms with Gasteiger partial charge in [-0.15, -0.1) is 0 Å². The number of esters is 1. The van der Waals surface area contributed by atoms with Crippen LogP contribution in [0.3, 0.4) is 0 Å². The van der Waals surface area contributed by atoms with Crippen molar-refractivity contribution >= 4 is 11.8 Å². The molecule has 4 heteroatoms. The number of allylic oxidation sites excluding steroid dienone is 1. The molecule has 0 bridgehead atoms. The molecule has 0 unspecified atom stereocenters. The van der Waals surface area contributed by atoms with E-state index in [4.69, 9.17) is 4.74 Å². The highest BCUT2D eigenvalue weighted by molar-refractivity contribution is 5.93. The smallest absolute Gasteiger partial charge is 0.313 e. The highest BCUT2D eigenvalue weighted by Gasteiger charge is 2.18. The Balaban J connectivity index is 4.44. The van der Waals surface area contributed by atoms with Crippen molar-refractivity contribution in [2.24, 2.45) is 0 Å². The van der Waals surface area contributed by atoms with Gasteiger partial charge in [0, 0.05) is 5.57 Å². The molecule has 0 fully saturated rings. The lowest BCUT2D eigenvalue weighted by atomic mass is 10.1. The maximum Gasteiger partial charge on any atom is 0.313 e. The first-order chi connectivity index (χ1) is 6.63. The maximum atomic E-state index is 11.3. The molecule has 4 nitrogen and oxygen atoms in total. The molecule has 0 amide bonds. The molecule has 0 aliphatic carbocycles. The van der Waals surface area contributed by atoms with Crippen molar-refractivity contribution in [2.45, 2.75) is 46.6 Å². The molecular formula is C11H18O4. The van der Waals surface area contributed by atoms with Gasteiger partial charge in [-0.25, -0.2) is 0 Å². The number of ketones is 1. The van der Waals surface area contributed by atoms with Gasteiger partial charge in [-0.1, -0.05) is 0 Å². The first kappa shape index (κ1) is 13.7. The van der Waals surface area contributed by atoms with Crippen molar-refractivity contribution in [1.29, 1.82) is 0 Å². The number of aliphatic hydroxyl groups is 1. The molecule has 0 heterocycles. The minimum absolute atomic E-state index is 0.195. The number of carbonyl (C=O) groups excluding carboxylic acids is 2. The Kier molecular flexibility index (Phi) is 4.52. The Hall–Kier alpha value is -1.32. The fourth-order valence-corrected chi connectivity index (χ4v) is 0.850. The molecule has 0 aliphatic rings. The van der Waals surface area contributed by atoms with Gasteiger partial charge in [0.2, 0.25) is 0 Å². The molecule has 0 aromatic rings. The van der Waals surface area contributed by atoms with E-state index in [2.05, 4.69) is 0 Å². The van der Waals surface area contributed by atoms with Gasteiger partial charge in [0.05, 0.1) is 0 Å². The molecular weight excluding hydrogens is 196 g/mol. The summed E-state index contributed by atoms with van der Waals surface area (Å²) in [4.78, 5) is 22.2. The lowest BCUT2D eigenvalue weighted by Crippen LogP contribution is -2.24. The molecule has 0 radical (unpaired) electrons. The largest absolute Gasteiger partial charge is 0.511 e. The van der Waals surface area contributed by atoms with E-state index in [0.29, 0.717) is 0 Å². The van der Waals surface area contributed by atoms with Gasteiger partial charge in [-0.3, -0.25) is 9.59 Å². The maximum absolute atomic E-state index is 11.3. The Bertz CT molecular complexity index is 294. The van der Waals surface area contributed by atoms with Gasteiger partial charge in [-0.2, -0.15) is 0 Å². The standard InChI is InChI=1S/C11H18O4/c1-7(8(2)12)9(13)6-10(14)15-11(3,4)5/h13H,6H2,1-5H3/b9-7-. The molecule has 0 saturated heterocycles. The monoisotopic (exact) mass is 214 g/mol. The highest BCUT2D eigenvalue weighted by atomic mass is 16.6. The number of hydrogen-bond donors (Lipinski definition) is 1. The summed E-state index contributed by atoms with van der Waals surface area (Å²) in [6.07, 6.45) is -0.261. The minimum atomic E-state index is -0.582. The van der Waals surface area contributed by atoms with Crippen LogP contribution in [0.2, 0.25) is 0 Å². The zero-order valence-corrected chi connectivity index (χ0v) is 9.88. The Morgan fingerprint density at radius 2 is 1.67 bits per heavy atom. The second-order valence-electron chi connectivity index (χ2n) is 4.39. The van der Waals surface area contributed by atoms with Crippen molar-refractivity contribution in [2.75, 3.05) is 0 Å². The first-order valence-electron chi connectivity index (χ1n) is 4.75. The van der Waals surface area contributed by atoms with Gasteiger partial charge < -0.3 is 9.84 Å². The predicted octanol–water partition coefficient (Wildman–Crippen LogP) is 2.14. The Labute approximate surface area is 89.9 Å². The number of aliphatic hydroxyl groups excluding tert-OH is 1. The van der Waals surface area contributed by atoms with Gasteiger partial charge in [0.1, 0.15) is 17.8 Å². The van der Waals surface area contributed by atoms with Crippen LogP contribution >= 0.6 is 0 Å². The molecule has 1 N–H and O–H groups in total. The summed E-state index contributed by atoms with van der Waals surface area (Å²) in [6, 6.07) is 0. The van der Waals surface area contributed by atoms with Crippen molar-refractivity contribution in [1.82, 2.24) is 0 Å². The van der Waals surface area contributed by atoms with Crippen LogP contribution in [0.4, 0.5) is 0 Å². The quantitative estimate of drug-likeness (QED) is 0.444. The van der Waals surface area contributed by atoms with Crippen LogP contribution in [0.15, 0.2) is 11.3 Å². The number of hydrogen-bond acceptors (Lipinski definition) is 4. The first-order valence-corrected chi connectivity index (χ1v) is 4.75. The second kappa shape index (κ2) is 4.96. The molecule has 0 aromatic heterocycles. The van der Waals surface area contributed by atoms with Crippen molar-refractivity contribution in [3.05, 3.63) is 11.3 Å². The van der Waals surface area contributed by atoms with E-state index in [9.17, 15) is 14.7 Å². The van der Waals surface area contributed by atoms with E-state index in [0.717, 1.165) is 0 Å². The number of ether oxygens (including phenoxy) is 1. The number of rotatable bonds is 3. The summed E-state index contributed by atoms with van der Waals surface area (Å²) in [5.41, 5.74) is -0.387. The van der Waals surface area contributed by atoms with Gasteiger partial charge in [0.15, 0.2) is 5.78 Å². The van der Waals surface area contributed by atoms with Crippen molar-refractivity contribution < 1.29 is 19.4 Å². The molecule has 86 valence electrons. The van der Waals surface area contributed by atoms with Crippen LogP contribution in [-0.4, -0.2) is 22.5 Å². The zero-order chi connectivity index (χ0) is 12.2. The average molecular weight is 214 g/mol. The van der Waals surface area contributed by atoms with Crippen LogP contribution in [0.1, 0.15) is 41.0 Å². The molecule has 0 aromatic carbocycles. The van der Waals surface area contributed by atoms with Crippen molar-refractivity contribution in [3.8, 4) is 0 Å². The van der Waals surface area contributed by atoms with Crippen LogP contribution in [0.5, 0.6) is 0 Å². The van der Waals surface area contributed by atoms with Gasteiger partial charge >= 0.3 is 5.97 Å². The van der Waals surface area contributed by atoms with Crippen molar-refractivity contribution in [3.63, 3.8) is 0 Å². The van der Waals surface area contributed by atoms with Crippen LogP contribution < -0.4 is 0 Å². The molecule has 15 heavy (non-hydrogen) atoms. The summed E-state index contributed by atoms with van der Waals surface area (Å²) < 4.78 is 4.99. The van der Waals surface area contributed by atoms with E-state index in [1.807, 2.05) is 0 Å². The third-order valence-corrected chi connectivity index (χ3v) is 1.69.